The van der Waals surface area contributed by atoms with E-state index in [1.807, 2.05) is 20.8 Å². The highest BCUT2D eigenvalue weighted by molar-refractivity contribution is 5.68. The van der Waals surface area contributed by atoms with Crippen molar-refractivity contribution in [2.75, 3.05) is 6.54 Å². The summed E-state index contributed by atoms with van der Waals surface area (Å²) >= 11 is 0. The van der Waals surface area contributed by atoms with Crippen LogP contribution in [0, 0.1) is 12.7 Å². The number of carbonyl (C=O) groups is 1. The Labute approximate surface area is 120 Å². The highest BCUT2D eigenvalue weighted by Crippen LogP contribution is 2.17. The summed E-state index contributed by atoms with van der Waals surface area (Å²) in [6.45, 7) is 11.4. The van der Waals surface area contributed by atoms with Crippen LogP contribution in [-0.4, -0.2) is 23.1 Å². The Balaban J connectivity index is 2.89. The zero-order valence-electron chi connectivity index (χ0n) is 12.6. The maximum atomic E-state index is 13.5. The molecule has 0 atom stereocenters. The molecule has 0 spiro atoms. The monoisotopic (exact) mass is 279 g/mol. The van der Waals surface area contributed by atoms with Crippen LogP contribution in [0.25, 0.3) is 0 Å². The van der Waals surface area contributed by atoms with Gasteiger partial charge < -0.3 is 9.64 Å². The molecule has 1 aromatic rings. The topological polar surface area (TPSA) is 29.5 Å². The highest BCUT2D eigenvalue weighted by atomic mass is 19.1. The standard InChI is InChI=1S/C16H22FNO2/c1-6-10-18(15(19)20-16(3,4)5)11-13-8-7-9-14(17)12(13)2/h6-9H,1,10-11H2,2-5H3. The van der Waals surface area contributed by atoms with Crippen LogP contribution in [0.3, 0.4) is 0 Å². The van der Waals surface area contributed by atoms with Gasteiger partial charge in [0.2, 0.25) is 0 Å². The molecule has 110 valence electrons. The van der Waals surface area contributed by atoms with Crippen molar-refractivity contribution in [1.29, 1.82) is 0 Å². The quantitative estimate of drug-likeness (QED) is 0.778. The molecule has 0 bridgehead atoms. The molecule has 1 rings (SSSR count). The van der Waals surface area contributed by atoms with Gasteiger partial charge in [-0.15, -0.1) is 6.58 Å². The molecule has 20 heavy (non-hydrogen) atoms. The minimum Gasteiger partial charge on any atom is -0.444 e. The molecule has 0 heterocycles. The maximum Gasteiger partial charge on any atom is 0.410 e. The fraction of sp³-hybridized carbons (Fsp3) is 0.438. The third-order valence-electron chi connectivity index (χ3n) is 2.74. The van der Waals surface area contributed by atoms with Crippen LogP contribution in [0.5, 0.6) is 0 Å². The van der Waals surface area contributed by atoms with Gasteiger partial charge in [0.1, 0.15) is 11.4 Å². The third kappa shape index (κ3) is 4.68. The van der Waals surface area contributed by atoms with Gasteiger partial charge in [0.05, 0.1) is 0 Å². The van der Waals surface area contributed by atoms with Crippen molar-refractivity contribution in [2.24, 2.45) is 0 Å². The number of amides is 1. The van der Waals surface area contributed by atoms with Crippen LogP contribution >= 0.6 is 0 Å². The average Bonchev–Trinajstić information content (AvgIpc) is 2.32. The molecular formula is C16H22FNO2. The van der Waals surface area contributed by atoms with Gasteiger partial charge in [-0.2, -0.15) is 0 Å². The Morgan fingerprint density at radius 1 is 1.45 bits per heavy atom. The molecule has 3 nitrogen and oxygen atoms in total. The molecule has 1 amide bonds. The molecule has 0 aliphatic carbocycles. The van der Waals surface area contributed by atoms with E-state index >= 15 is 0 Å². The first-order valence-electron chi connectivity index (χ1n) is 6.57. The molecular weight excluding hydrogens is 257 g/mol. The first-order valence-corrected chi connectivity index (χ1v) is 6.57. The zero-order chi connectivity index (χ0) is 15.3. The maximum absolute atomic E-state index is 13.5. The summed E-state index contributed by atoms with van der Waals surface area (Å²) in [6, 6.07) is 4.85. The van der Waals surface area contributed by atoms with E-state index in [0.717, 1.165) is 5.56 Å². The SMILES string of the molecule is C=CCN(Cc1cccc(F)c1C)C(=O)OC(C)(C)C. The van der Waals surface area contributed by atoms with Crippen molar-refractivity contribution in [3.63, 3.8) is 0 Å². The molecule has 0 aliphatic rings. The van der Waals surface area contributed by atoms with E-state index in [0.29, 0.717) is 18.7 Å². The molecule has 1 aromatic carbocycles. The Morgan fingerprint density at radius 2 is 2.10 bits per heavy atom. The smallest absolute Gasteiger partial charge is 0.410 e. The van der Waals surface area contributed by atoms with Crippen molar-refractivity contribution >= 4 is 6.09 Å². The normalized spacial score (nSPS) is 11.1. The minimum absolute atomic E-state index is 0.273. The van der Waals surface area contributed by atoms with E-state index in [4.69, 9.17) is 4.74 Å². The minimum atomic E-state index is -0.562. The van der Waals surface area contributed by atoms with Gasteiger partial charge in [-0.3, -0.25) is 0 Å². The van der Waals surface area contributed by atoms with Crippen LogP contribution < -0.4 is 0 Å². The molecule has 0 saturated carbocycles. The number of benzene rings is 1. The van der Waals surface area contributed by atoms with Gasteiger partial charge >= 0.3 is 6.09 Å². The van der Waals surface area contributed by atoms with Crippen molar-refractivity contribution in [3.05, 3.63) is 47.8 Å². The summed E-state index contributed by atoms with van der Waals surface area (Å²) in [6.07, 6.45) is 1.19. The second-order valence-electron chi connectivity index (χ2n) is 5.67. The fourth-order valence-electron chi connectivity index (χ4n) is 1.71. The van der Waals surface area contributed by atoms with E-state index in [-0.39, 0.29) is 5.82 Å². The van der Waals surface area contributed by atoms with E-state index < -0.39 is 11.7 Å². The summed E-state index contributed by atoms with van der Waals surface area (Å²) in [7, 11) is 0. The summed E-state index contributed by atoms with van der Waals surface area (Å²) in [4.78, 5) is 13.6. The van der Waals surface area contributed by atoms with Crippen molar-refractivity contribution in [1.82, 2.24) is 4.90 Å². The lowest BCUT2D eigenvalue weighted by molar-refractivity contribution is 0.0256. The molecule has 0 aromatic heterocycles. The lowest BCUT2D eigenvalue weighted by atomic mass is 10.1. The Bertz CT molecular complexity index is 492. The van der Waals surface area contributed by atoms with Crippen molar-refractivity contribution in [3.8, 4) is 0 Å². The number of nitrogens with zero attached hydrogens (tertiary/aromatic N) is 1. The molecule has 0 N–H and O–H groups in total. The highest BCUT2D eigenvalue weighted by Gasteiger charge is 2.22. The van der Waals surface area contributed by atoms with Gasteiger partial charge in [0, 0.05) is 13.1 Å². The summed E-state index contributed by atoms with van der Waals surface area (Å²) in [5.41, 5.74) is 0.746. The fourth-order valence-corrected chi connectivity index (χ4v) is 1.71. The summed E-state index contributed by atoms with van der Waals surface area (Å²) < 4.78 is 18.9. The largest absolute Gasteiger partial charge is 0.444 e. The van der Waals surface area contributed by atoms with E-state index in [1.54, 1.807) is 25.1 Å². The number of carbonyl (C=O) groups excluding carboxylic acids is 1. The molecule has 0 unspecified atom stereocenters. The first-order chi connectivity index (χ1) is 9.24. The summed E-state index contributed by atoms with van der Waals surface area (Å²) in [5.74, 6) is -0.273. The van der Waals surface area contributed by atoms with Crippen LogP contribution in [-0.2, 0) is 11.3 Å². The van der Waals surface area contributed by atoms with E-state index in [1.165, 1.54) is 11.0 Å². The second kappa shape index (κ2) is 6.55. The average molecular weight is 279 g/mol. The van der Waals surface area contributed by atoms with Gasteiger partial charge in [-0.25, -0.2) is 9.18 Å². The predicted molar refractivity (Wildman–Crippen MR) is 78.0 cm³/mol. The number of halogens is 1. The summed E-state index contributed by atoms with van der Waals surface area (Å²) in [5, 5.41) is 0. The van der Waals surface area contributed by atoms with Crippen molar-refractivity contribution < 1.29 is 13.9 Å². The van der Waals surface area contributed by atoms with Crippen LogP contribution in [0.4, 0.5) is 9.18 Å². The number of hydrogen-bond acceptors (Lipinski definition) is 2. The molecule has 0 fully saturated rings. The van der Waals surface area contributed by atoms with Crippen LogP contribution in [0.2, 0.25) is 0 Å². The zero-order valence-corrected chi connectivity index (χ0v) is 12.6. The molecule has 0 radical (unpaired) electrons. The lowest BCUT2D eigenvalue weighted by Gasteiger charge is -2.27. The first kappa shape index (κ1) is 16.2. The van der Waals surface area contributed by atoms with Crippen molar-refractivity contribution in [2.45, 2.75) is 39.8 Å². The molecule has 4 heteroatoms. The Morgan fingerprint density at radius 3 is 2.65 bits per heavy atom. The van der Waals surface area contributed by atoms with Gasteiger partial charge in [-0.1, -0.05) is 18.2 Å². The second-order valence-corrected chi connectivity index (χ2v) is 5.67. The molecule has 0 aliphatic heterocycles. The van der Waals surface area contributed by atoms with Gasteiger partial charge in [0.25, 0.3) is 0 Å². The van der Waals surface area contributed by atoms with Gasteiger partial charge in [-0.05, 0) is 44.9 Å². The number of rotatable bonds is 4. The Kier molecular flexibility index (Phi) is 5.31. The Hall–Kier alpha value is -1.84. The van der Waals surface area contributed by atoms with Gasteiger partial charge in [0.15, 0.2) is 0 Å². The number of hydrogen-bond donors (Lipinski definition) is 0. The van der Waals surface area contributed by atoms with E-state index in [2.05, 4.69) is 6.58 Å². The van der Waals surface area contributed by atoms with E-state index in [9.17, 15) is 9.18 Å². The number of ether oxygens (including phenoxy) is 1. The third-order valence-corrected chi connectivity index (χ3v) is 2.74. The molecule has 0 saturated heterocycles. The van der Waals surface area contributed by atoms with Crippen LogP contribution in [0.1, 0.15) is 31.9 Å². The lowest BCUT2D eigenvalue weighted by Crippen LogP contribution is -2.36. The predicted octanol–water partition coefficient (Wildman–Crippen LogP) is 4.06. The van der Waals surface area contributed by atoms with Crippen LogP contribution in [0.15, 0.2) is 30.9 Å².